The molecule has 0 fully saturated rings. The van der Waals surface area contributed by atoms with Gasteiger partial charge in [-0.3, -0.25) is 9.59 Å². The molecule has 0 saturated heterocycles. The molecule has 1 aromatic carbocycles. The standard InChI is InChI=1S/C22H28N2O2/c1-14(2)20(25)11-10-15-12-16(22(3,4)5)21(26)19(13-15)24-18-9-7-6-8-17(18)23/h6-9,12-14H,10-11,23H2,1-5H3. The summed E-state index contributed by atoms with van der Waals surface area (Å²) in [4.78, 5) is 29.4. The molecular weight excluding hydrogens is 324 g/mol. The summed E-state index contributed by atoms with van der Waals surface area (Å²) >= 11 is 0. The molecular formula is C22H28N2O2. The summed E-state index contributed by atoms with van der Waals surface area (Å²) in [6.07, 6.45) is 4.78. The van der Waals surface area contributed by atoms with Gasteiger partial charge < -0.3 is 5.73 Å². The molecule has 0 aromatic heterocycles. The molecule has 0 bridgehead atoms. The number of aliphatic imine (C=N–C) groups is 1. The lowest BCUT2D eigenvalue weighted by molar-refractivity contribution is -0.121. The van der Waals surface area contributed by atoms with Gasteiger partial charge in [0.25, 0.3) is 0 Å². The number of para-hydroxylation sites is 2. The van der Waals surface area contributed by atoms with Crippen LogP contribution in [0.2, 0.25) is 0 Å². The van der Waals surface area contributed by atoms with Crippen molar-refractivity contribution in [1.82, 2.24) is 0 Å². The third-order valence-corrected chi connectivity index (χ3v) is 4.42. The Bertz CT molecular complexity index is 806. The molecule has 0 radical (unpaired) electrons. The van der Waals surface area contributed by atoms with Gasteiger partial charge in [-0.1, -0.05) is 52.8 Å². The zero-order chi connectivity index (χ0) is 19.5. The van der Waals surface area contributed by atoms with Crippen LogP contribution in [-0.4, -0.2) is 17.3 Å². The summed E-state index contributed by atoms with van der Waals surface area (Å²) in [6.45, 7) is 9.83. The van der Waals surface area contributed by atoms with Gasteiger partial charge in [0.1, 0.15) is 11.5 Å². The van der Waals surface area contributed by atoms with Gasteiger partial charge in [-0.25, -0.2) is 4.99 Å². The fourth-order valence-electron chi connectivity index (χ4n) is 2.73. The molecule has 0 spiro atoms. The monoisotopic (exact) mass is 352 g/mol. The Balaban J connectivity index is 2.41. The van der Waals surface area contributed by atoms with Crippen LogP contribution in [0.1, 0.15) is 47.5 Å². The van der Waals surface area contributed by atoms with E-state index in [1.165, 1.54) is 0 Å². The predicted molar refractivity (Wildman–Crippen MR) is 108 cm³/mol. The van der Waals surface area contributed by atoms with Gasteiger partial charge in [-0.15, -0.1) is 0 Å². The Kier molecular flexibility index (Phi) is 5.96. The topological polar surface area (TPSA) is 72.5 Å². The molecule has 26 heavy (non-hydrogen) atoms. The van der Waals surface area contributed by atoms with Gasteiger partial charge in [0, 0.05) is 17.9 Å². The number of allylic oxidation sites excluding steroid dienone is 4. The number of anilines is 1. The number of hydrogen-bond acceptors (Lipinski definition) is 4. The van der Waals surface area contributed by atoms with E-state index in [4.69, 9.17) is 5.73 Å². The Labute approximate surface area is 155 Å². The van der Waals surface area contributed by atoms with Gasteiger partial charge >= 0.3 is 0 Å². The number of rotatable bonds is 5. The summed E-state index contributed by atoms with van der Waals surface area (Å²) in [5, 5.41) is 0. The summed E-state index contributed by atoms with van der Waals surface area (Å²) in [5.41, 5.74) is 8.82. The maximum atomic E-state index is 12.9. The molecule has 0 aliphatic heterocycles. The number of hydrogen-bond donors (Lipinski definition) is 1. The van der Waals surface area contributed by atoms with Crippen LogP contribution in [-0.2, 0) is 9.59 Å². The van der Waals surface area contributed by atoms with Gasteiger partial charge in [0.05, 0.1) is 11.4 Å². The van der Waals surface area contributed by atoms with E-state index in [1.54, 1.807) is 18.2 Å². The van der Waals surface area contributed by atoms with Gasteiger partial charge in [-0.05, 0) is 35.6 Å². The molecule has 1 aliphatic carbocycles. The lowest BCUT2D eigenvalue weighted by atomic mass is 9.78. The average molecular weight is 352 g/mol. The molecule has 0 saturated carbocycles. The minimum Gasteiger partial charge on any atom is -0.397 e. The van der Waals surface area contributed by atoms with Crippen LogP contribution in [0.4, 0.5) is 11.4 Å². The van der Waals surface area contributed by atoms with Crippen LogP contribution in [0.25, 0.3) is 0 Å². The first kappa shape index (κ1) is 19.8. The zero-order valence-electron chi connectivity index (χ0n) is 16.3. The van der Waals surface area contributed by atoms with Crippen molar-refractivity contribution in [3.05, 3.63) is 47.6 Å². The number of carbonyl (C=O) groups is 2. The Morgan fingerprint density at radius 3 is 2.38 bits per heavy atom. The van der Waals surface area contributed by atoms with E-state index in [0.717, 1.165) is 5.57 Å². The van der Waals surface area contributed by atoms with Crippen LogP contribution in [0, 0.1) is 11.3 Å². The predicted octanol–water partition coefficient (Wildman–Crippen LogP) is 4.83. The Morgan fingerprint density at radius 2 is 1.81 bits per heavy atom. The number of nitrogens with zero attached hydrogens (tertiary/aromatic N) is 1. The molecule has 4 heteroatoms. The minimum absolute atomic E-state index is 0.0177. The highest BCUT2D eigenvalue weighted by molar-refractivity contribution is 6.51. The summed E-state index contributed by atoms with van der Waals surface area (Å²) in [5.74, 6) is 0.156. The van der Waals surface area contributed by atoms with Gasteiger partial charge in [0.15, 0.2) is 0 Å². The number of nitrogen functional groups attached to an aromatic ring is 1. The zero-order valence-corrected chi connectivity index (χ0v) is 16.3. The molecule has 2 rings (SSSR count). The molecule has 138 valence electrons. The quantitative estimate of drug-likeness (QED) is 0.609. The van der Waals surface area contributed by atoms with Crippen molar-refractivity contribution in [3.63, 3.8) is 0 Å². The van der Waals surface area contributed by atoms with Crippen LogP contribution >= 0.6 is 0 Å². The minimum atomic E-state index is -0.304. The first-order chi connectivity index (χ1) is 12.1. The Morgan fingerprint density at radius 1 is 1.15 bits per heavy atom. The molecule has 1 aliphatic rings. The van der Waals surface area contributed by atoms with E-state index < -0.39 is 0 Å². The van der Waals surface area contributed by atoms with Crippen LogP contribution < -0.4 is 5.73 Å². The lowest BCUT2D eigenvalue weighted by Gasteiger charge is -2.25. The van der Waals surface area contributed by atoms with Gasteiger partial charge in [0.2, 0.25) is 5.78 Å². The van der Waals surface area contributed by atoms with Crippen molar-refractivity contribution < 1.29 is 9.59 Å². The molecule has 0 unspecified atom stereocenters. The van der Waals surface area contributed by atoms with Crippen molar-refractivity contribution in [1.29, 1.82) is 0 Å². The molecule has 0 heterocycles. The van der Waals surface area contributed by atoms with Crippen molar-refractivity contribution in [2.45, 2.75) is 47.5 Å². The molecule has 2 N–H and O–H groups in total. The molecule has 4 nitrogen and oxygen atoms in total. The van der Waals surface area contributed by atoms with Gasteiger partial charge in [-0.2, -0.15) is 0 Å². The van der Waals surface area contributed by atoms with E-state index in [-0.39, 0.29) is 22.9 Å². The maximum absolute atomic E-state index is 12.9. The Hall–Kier alpha value is -2.49. The number of ketones is 2. The van der Waals surface area contributed by atoms with Crippen molar-refractivity contribution in [3.8, 4) is 0 Å². The van der Waals surface area contributed by atoms with E-state index >= 15 is 0 Å². The van der Waals surface area contributed by atoms with E-state index in [2.05, 4.69) is 4.99 Å². The first-order valence-electron chi connectivity index (χ1n) is 9.03. The second-order valence-corrected chi connectivity index (χ2v) is 8.03. The van der Waals surface area contributed by atoms with Crippen LogP contribution in [0.15, 0.2) is 52.6 Å². The molecule has 0 atom stereocenters. The highest BCUT2D eigenvalue weighted by Gasteiger charge is 2.29. The highest BCUT2D eigenvalue weighted by atomic mass is 16.1. The number of carbonyl (C=O) groups excluding carboxylic acids is 2. The lowest BCUT2D eigenvalue weighted by Crippen LogP contribution is -2.27. The summed E-state index contributed by atoms with van der Waals surface area (Å²) < 4.78 is 0. The third-order valence-electron chi connectivity index (χ3n) is 4.42. The van der Waals surface area contributed by atoms with Crippen molar-refractivity contribution in [2.75, 3.05) is 5.73 Å². The molecule has 1 aromatic rings. The normalized spacial score (nSPS) is 16.7. The highest BCUT2D eigenvalue weighted by Crippen LogP contribution is 2.32. The second-order valence-electron chi connectivity index (χ2n) is 8.03. The fraction of sp³-hybridized carbons (Fsp3) is 0.409. The summed E-state index contributed by atoms with van der Waals surface area (Å²) in [7, 11) is 0. The second kappa shape index (κ2) is 7.81. The fourth-order valence-corrected chi connectivity index (χ4v) is 2.73. The number of benzene rings is 1. The number of Topliss-reactive ketones (excluding diaryl/α,β-unsaturated/α-hetero) is 2. The first-order valence-corrected chi connectivity index (χ1v) is 9.03. The van der Waals surface area contributed by atoms with E-state index in [9.17, 15) is 9.59 Å². The largest absolute Gasteiger partial charge is 0.397 e. The maximum Gasteiger partial charge on any atom is 0.207 e. The van der Waals surface area contributed by atoms with E-state index in [1.807, 2.05) is 52.8 Å². The van der Waals surface area contributed by atoms with Crippen LogP contribution in [0.3, 0.4) is 0 Å². The van der Waals surface area contributed by atoms with E-state index in [0.29, 0.717) is 35.5 Å². The number of nitrogens with two attached hydrogens (primary N) is 1. The van der Waals surface area contributed by atoms with Crippen LogP contribution in [0.5, 0.6) is 0 Å². The summed E-state index contributed by atoms with van der Waals surface area (Å²) in [6, 6.07) is 7.23. The van der Waals surface area contributed by atoms with Crippen molar-refractivity contribution in [2.24, 2.45) is 16.3 Å². The van der Waals surface area contributed by atoms with Crippen molar-refractivity contribution >= 4 is 28.7 Å². The molecule has 0 amide bonds. The average Bonchev–Trinajstić information content (AvgIpc) is 2.55. The SMILES string of the molecule is CC(C)C(=O)CCC1=CC(=Nc2ccccc2N)C(=O)C(C(C)(C)C)=C1. The third kappa shape index (κ3) is 4.78. The smallest absolute Gasteiger partial charge is 0.207 e.